The van der Waals surface area contributed by atoms with E-state index in [1.165, 1.54) is 18.5 Å². The Bertz CT molecular complexity index is 1210. The van der Waals surface area contributed by atoms with Crippen LogP contribution in [-0.2, 0) is 17.8 Å². The molecule has 1 aromatic carbocycles. The molecule has 4 rings (SSSR count). The Morgan fingerprint density at radius 3 is 2.94 bits per heavy atom. The van der Waals surface area contributed by atoms with Crippen LogP contribution >= 0.6 is 22.9 Å². The number of amides is 1. The summed E-state index contributed by atoms with van der Waals surface area (Å²) in [5, 5.41) is 7.67. The molecule has 9 heteroatoms. The van der Waals surface area contributed by atoms with Gasteiger partial charge in [-0.25, -0.2) is 14.4 Å². The number of nitrogens with zero attached hydrogens (tertiary/aromatic N) is 3. The predicted octanol–water partition coefficient (Wildman–Crippen LogP) is 5.45. The first-order valence-corrected chi connectivity index (χ1v) is 12.1. The Kier molecular flexibility index (Phi) is 6.97. The van der Waals surface area contributed by atoms with E-state index in [1.807, 2.05) is 11.0 Å². The van der Waals surface area contributed by atoms with E-state index in [0.717, 1.165) is 33.5 Å². The van der Waals surface area contributed by atoms with Gasteiger partial charge in [-0.05, 0) is 50.5 Å². The SMILES string of the molecule is CCC(C)(C)NCC=CC(=O)N1CCc2c(sc3ncnc(Nc4ccc(F)c(Cl)c4)c23)C1. The lowest BCUT2D eigenvalue weighted by Gasteiger charge is -2.26. The molecule has 0 saturated carbocycles. The van der Waals surface area contributed by atoms with Crippen molar-refractivity contribution in [3.05, 3.63) is 58.0 Å². The number of anilines is 2. The zero-order valence-corrected chi connectivity index (χ0v) is 20.5. The smallest absolute Gasteiger partial charge is 0.246 e. The summed E-state index contributed by atoms with van der Waals surface area (Å²) in [6, 6.07) is 4.48. The van der Waals surface area contributed by atoms with E-state index in [9.17, 15) is 9.18 Å². The fourth-order valence-corrected chi connectivity index (χ4v) is 5.03. The van der Waals surface area contributed by atoms with Crippen molar-refractivity contribution in [2.45, 2.75) is 45.7 Å². The highest BCUT2D eigenvalue weighted by atomic mass is 35.5. The van der Waals surface area contributed by atoms with Crippen LogP contribution in [0.1, 0.15) is 37.6 Å². The minimum Gasteiger partial charge on any atom is -0.340 e. The highest BCUT2D eigenvalue weighted by molar-refractivity contribution is 7.19. The van der Waals surface area contributed by atoms with Crippen molar-refractivity contribution >= 4 is 50.6 Å². The monoisotopic (exact) mass is 487 g/mol. The molecular weight excluding hydrogens is 461 g/mol. The van der Waals surface area contributed by atoms with Gasteiger partial charge in [-0.1, -0.05) is 24.6 Å². The number of rotatable bonds is 7. The second-order valence-electron chi connectivity index (χ2n) is 8.69. The van der Waals surface area contributed by atoms with Crippen molar-refractivity contribution in [3.63, 3.8) is 0 Å². The average Bonchev–Trinajstić information content (AvgIpc) is 3.18. The van der Waals surface area contributed by atoms with Gasteiger partial charge in [0.2, 0.25) is 5.91 Å². The number of carbonyl (C=O) groups is 1. The van der Waals surface area contributed by atoms with Gasteiger partial charge in [-0.2, -0.15) is 0 Å². The number of halogens is 2. The molecule has 3 aromatic rings. The highest BCUT2D eigenvalue weighted by Crippen LogP contribution is 2.38. The Balaban J connectivity index is 1.50. The fraction of sp³-hybridized carbons (Fsp3) is 0.375. The molecule has 0 saturated heterocycles. The maximum absolute atomic E-state index is 13.5. The quantitative estimate of drug-likeness (QED) is 0.434. The van der Waals surface area contributed by atoms with Gasteiger partial charge in [0, 0.05) is 35.3 Å². The molecule has 0 bridgehead atoms. The Morgan fingerprint density at radius 2 is 2.18 bits per heavy atom. The molecule has 6 nitrogen and oxygen atoms in total. The Labute approximate surface area is 201 Å². The zero-order valence-electron chi connectivity index (χ0n) is 18.9. The van der Waals surface area contributed by atoms with E-state index in [-0.39, 0.29) is 16.5 Å². The van der Waals surface area contributed by atoms with Gasteiger partial charge in [-0.3, -0.25) is 4.79 Å². The number of carbonyl (C=O) groups excluding carboxylic acids is 1. The van der Waals surface area contributed by atoms with Crippen LogP contribution in [0.25, 0.3) is 10.2 Å². The minimum atomic E-state index is -0.466. The summed E-state index contributed by atoms with van der Waals surface area (Å²) < 4.78 is 13.5. The van der Waals surface area contributed by atoms with Crippen molar-refractivity contribution in [3.8, 4) is 0 Å². The van der Waals surface area contributed by atoms with Gasteiger partial charge >= 0.3 is 0 Å². The van der Waals surface area contributed by atoms with Crippen LogP contribution in [0.15, 0.2) is 36.7 Å². The summed E-state index contributed by atoms with van der Waals surface area (Å²) >= 11 is 7.50. The zero-order chi connectivity index (χ0) is 23.6. The molecule has 0 aliphatic carbocycles. The normalized spacial score (nSPS) is 14.2. The van der Waals surface area contributed by atoms with Crippen LogP contribution < -0.4 is 10.6 Å². The summed E-state index contributed by atoms with van der Waals surface area (Å²) in [4.78, 5) is 25.4. The Hall–Kier alpha value is -2.55. The third kappa shape index (κ3) is 5.34. The van der Waals surface area contributed by atoms with E-state index in [0.29, 0.717) is 31.1 Å². The number of hydrogen-bond acceptors (Lipinski definition) is 6. The number of aromatic nitrogens is 2. The first kappa shape index (κ1) is 23.6. The maximum atomic E-state index is 13.5. The topological polar surface area (TPSA) is 70.2 Å². The van der Waals surface area contributed by atoms with Crippen LogP contribution in [0.2, 0.25) is 5.02 Å². The van der Waals surface area contributed by atoms with Crippen LogP contribution in [0, 0.1) is 5.82 Å². The van der Waals surface area contributed by atoms with Gasteiger partial charge in [0.15, 0.2) is 0 Å². The van der Waals surface area contributed by atoms with Crippen LogP contribution in [0.3, 0.4) is 0 Å². The third-order valence-corrected chi connectivity index (χ3v) is 7.39. The first-order chi connectivity index (χ1) is 15.8. The van der Waals surface area contributed by atoms with E-state index >= 15 is 0 Å². The summed E-state index contributed by atoms with van der Waals surface area (Å²) in [6.45, 7) is 8.27. The number of benzene rings is 1. The number of thiophene rings is 1. The molecule has 1 aliphatic heterocycles. The molecule has 2 aromatic heterocycles. The molecule has 2 N–H and O–H groups in total. The van der Waals surface area contributed by atoms with E-state index in [4.69, 9.17) is 11.6 Å². The summed E-state index contributed by atoms with van der Waals surface area (Å²) in [5.41, 5.74) is 1.86. The third-order valence-electron chi connectivity index (χ3n) is 5.97. The molecule has 1 aliphatic rings. The number of hydrogen-bond donors (Lipinski definition) is 2. The summed E-state index contributed by atoms with van der Waals surface area (Å²) in [6.07, 6.45) is 6.80. The van der Waals surface area contributed by atoms with Crippen molar-refractivity contribution in [2.75, 3.05) is 18.4 Å². The number of fused-ring (bicyclic) bond motifs is 3. The van der Waals surface area contributed by atoms with E-state index in [1.54, 1.807) is 23.5 Å². The van der Waals surface area contributed by atoms with Crippen molar-refractivity contribution in [1.29, 1.82) is 0 Å². The maximum Gasteiger partial charge on any atom is 0.246 e. The fourth-order valence-electron chi connectivity index (χ4n) is 3.65. The molecule has 3 heterocycles. The molecule has 0 atom stereocenters. The van der Waals surface area contributed by atoms with Crippen LogP contribution in [-0.4, -0.2) is 39.4 Å². The molecule has 174 valence electrons. The first-order valence-electron chi connectivity index (χ1n) is 10.9. The molecule has 0 fully saturated rings. The second kappa shape index (κ2) is 9.75. The standard InChI is InChI=1S/C24H27ClFN5OS/c1-4-24(2,3)29-10-5-6-20(32)31-11-9-16-19(13-31)33-23-21(16)22(27-14-28-23)30-15-7-8-18(26)17(25)12-15/h5-8,12,14,29H,4,9-11,13H2,1-3H3,(H,27,28,30). The van der Waals surface area contributed by atoms with Gasteiger partial charge in [0.1, 0.15) is 22.8 Å². The van der Waals surface area contributed by atoms with Gasteiger partial charge in [0.25, 0.3) is 0 Å². The van der Waals surface area contributed by atoms with Crippen molar-refractivity contribution in [2.24, 2.45) is 0 Å². The summed E-state index contributed by atoms with van der Waals surface area (Å²) in [5.74, 6) is 0.204. The number of nitrogens with one attached hydrogen (secondary N) is 2. The minimum absolute atomic E-state index is 0.0135. The highest BCUT2D eigenvalue weighted by Gasteiger charge is 2.25. The molecule has 33 heavy (non-hydrogen) atoms. The second-order valence-corrected chi connectivity index (χ2v) is 10.2. The lowest BCUT2D eigenvalue weighted by molar-refractivity contribution is -0.126. The van der Waals surface area contributed by atoms with Crippen molar-refractivity contribution in [1.82, 2.24) is 20.2 Å². The predicted molar refractivity (Wildman–Crippen MR) is 133 cm³/mol. The summed E-state index contributed by atoms with van der Waals surface area (Å²) in [7, 11) is 0. The van der Waals surface area contributed by atoms with Crippen LogP contribution in [0.4, 0.5) is 15.9 Å². The Morgan fingerprint density at radius 1 is 1.36 bits per heavy atom. The molecule has 0 spiro atoms. The molecule has 1 amide bonds. The van der Waals surface area contributed by atoms with Gasteiger partial charge in [-0.15, -0.1) is 11.3 Å². The largest absolute Gasteiger partial charge is 0.340 e. The van der Waals surface area contributed by atoms with E-state index in [2.05, 4.69) is 41.4 Å². The van der Waals surface area contributed by atoms with Gasteiger partial charge in [0.05, 0.1) is 17.0 Å². The molecule has 0 radical (unpaired) electrons. The molecular formula is C24H27ClFN5OS. The van der Waals surface area contributed by atoms with Crippen LogP contribution in [0.5, 0.6) is 0 Å². The van der Waals surface area contributed by atoms with Gasteiger partial charge < -0.3 is 15.5 Å². The molecule has 0 unspecified atom stereocenters. The lowest BCUT2D eigenvalue weighted by Crippen LogP contribution is -2.38. The van der Waals surface area contributed by atoms with E-state index < -0.39 is 5.82 Å². The average molecular weight is 488 g/mol. The lowest BCUT2D eigenvalue weighted by atomic mass is 10.0. The van der Waals surface area contributed by atoms with Crippen molar-refractivity contribution < 1.29 is 9.18 Å².